The van der Waals surface area contributed by atoms with Gasteiger partial charge in [-0.1, -0.05) is 46.3 Å². The number of benzene rings is 2. The van der Waals surface area contributed by atoms with Crippen molar-refractivity contribution < 1.29 is 0 Å². The first-order chi connectivity index (χ1) is 9.18. The molecule has 1 unspecified atom stereocenters. The lowest BCUT2D eigenvalue weighted by atomic mass is 10.0. The molecule has 0 bridgehead atoms. The van der Waals surface area contributed by atoms with E-state index in [2.05, 4.69) is 70.7 Å². The molecule has 0 fully saturated rings. The SMILES string of the molecule is Cc1ccsc1C(Cl)c1ccc(Br)c2ccccc12. The lowest BCUT2D eigenvalue weighted by Gasteiger charge is -2.13. The molecule has 1 heterocycles. The molecule has 0 amide bonds. The first kappa shape index (κ1) is 13.2. The number of aryl methyl sites for hydroxylation is 1. The molecule has 3 heteroatoms. The van der Waals surface area contributed by atoms with Crippen LogP contribution in [0.1, 0.15) is 21.4 Å². The molecule has 0 spiro atoms. The normalized spacial score (nSPS) is 12.8. The number of hydrogen-bond acceptors (Lipinski definition) is 1. The Kier molecular flexibility index (Phi) is 3.66. The first-order valence-electron chi connectivity index (χ1n) is 6.03. The zero-order chi connectivity index (χ0) is 13.4. The number of fused-ring (bicyclic) bond motifs is 1. The topological polar surface area (TPSA) is 0 Å². The molecule has 0 aliphatic carbocycles. The van der Waals surface area contributed by atoms with Gasteiger partial charge in [0, 0.05) is 9.35 Å². The zero-order valence-corrected chi connectivity index (χ0v) is 13.5. The monoisotopic (exact) mass is 350 g/mol. The van der Waals surface area contributed by atoms with Gasteiger partial charge in [0.1, 0.15) is 0 Å². The van der Waals surface area contributed by atoms with Crippen molar-refractivity contribution in [1.82, 2.24) is 0 Å². The average molecular weight is 352 g/mol. The predicted molar refractivity (Wildman–Crippen MR) is 88.4 cm³/mol. The van der Waals surface area contributed by atoms with Crippen molar-refractivity contribution in [2.24, 2.45) is 0 Å². The van der Waals surface area contributed by atoms with E-state index in [1.54, 1.807) is 11.3 Å². The average Bonchev–Trinajstić information content (AvgIpc) is 2.85. The highest BCUT2D eigenvalue weighted by Gasteiger charge is 2.17. The molecule has 1 aromatic heterocycles. The maximum atomic E-state index is 6.70. The zero-order valence-electron chi connectivity index (χ0n) is 10.4. The number of alkyl halides is 1. The molecule has 19 heavy (non-hydrogen) atoms. The molecule has 0 radical (unpaired) electrons. The van der Waals surface area contributed by atoms with Gasteiger partial charge >= 0.3 is 0 Å². The summed E-state index contributed by atoms with van der Waals surface area (Å²) in [5.41, 5.74) is 2.43. The molecule has 0 aliphatic heterocycles. The van der Waals surface area contributed by atoms with Gasteiger partial charge in [-0.25, -0.2) is 0 Å². The van der Waals surface area contributed by atoms with Gasteiger partial charge in [0.05, 0.1) is 5.38 Å². The third-order valence-electron chi connectivity index (χ3n) is 3.31. The quantitative estimate of drug-likeness (QED) is 0.475. The Morgan fingerprint density at radius 1 is 1.05 bits per heavy atom. The Labute approximate surface area is 130 Å². The van der Waals surface area contributed by atoms with Gasteiger partial charge in [0.25, 0.3) is 0 Å². The van der Waals surface area contributed by atoms with Crippen LogP contribution >= 0.6 is 38.9 Å². The molecule has 0 saturated carbocycles. The van der Waals surface area contributed by atoms with Crippen LogP contribution in [-0.4, -0.2) is 0 Å². The van der Waals surface area contributed by atoms with Crippen LogP contribution in [0.3, 0.4) is 0 Å². The van der Waals surface area contributed by atoms with Crippen molar-refractivity contribution in [3.8, 4) is 0 Å². The van der Waals surface area contributed by atoms with E-state index in [0.717, 1.165) is 4.47 Å². The fourth-order valence-corrected chi connectivity index (χ4v) is 4.21. The van der Waals surface area contributed by atoms with Crippen LogP contribution in [0, 0.1) is 6.92 Å². The van der Waals surface area contributed by atoms with Crippen LogP contribution in [0.5, 0.6) is 0 Å². The van der Waals surface area contributed by atoms with Crippen LogP contribution in [-0.2, 0) is 0 Å². The summed E-state index contributed by atoms with van der Waals surface area (Å²) in [4.78, 5) is 1.23. The molecule has 3 aromatic rings. The number of thiophene rings is 1. The minimum absolute atomic E-state index is 0.0852. The van der Waals surface area contributed by atoms with Gasteiger partial charge in [-0.3, -0.25) is 0 Å². The van der Waals surface area contributed by atoms with Crippen molar-refractivity contribution in [2.75, 3.05) is 0 Å². The molecule has 96 valence electrons. The molecule has 0 N–H and O–H groups in total. The second-order valence-corrected chi connectivity index (χ2v) is 6.75. The molecule has 0 nitrogen and oxygen atoms in total. The Hall–Kier alpha value is -0.830. The fraction of sp³-hybridized carbons (Fsp3) is 0.125. The highest BCUT2D eigenvalue weighted by Crippen LogP contribution is 2.39. The van der Waals surface area contributed by atoms with Crippen LogP contribution in [0.25, 0.3) is 10.8 Å². The second kappa shape index (κ2) is 5.28. The summed E-state index contributed by atoms with van der Waals surface area (Å²) in [6.07, 6.45) is 0. The molecule has 3 rings (SSSR count). The molecule has 0 aliphatic rings. The van der Waals surface area contributed by atoms with E-state index in [4.69, 9.17) is 11.6 Å². The summed E-state index contributed by atoms with van der Waals surface area (Å²) in [7, 11) is 0. The number of hydrogen-bond donors (Lipinski definition) is 0. The maximum absolute atomic E-state index is 6.70. The maximum Gasteiger partial charge on any atom is 0.0936 e. The molecule has 0 saturated heterocycles. The molecule has 1 atom stereocenters. The van der Waals surface area contributed by atoms with E-state index < -0.39 is 0 Å². The third-order valence-corrected chi connectivity index (χ3v) is 5.67. The molecular weight excluding hydrogens is 340 g/mol. The van der Waals surface area contributed by atoms with Gasteiger partial charge in [0.2, 0.25) is 0 Å². The van der Waals surface area contributed by atoms with Gasteiger partial charge in [0.15, 0.2) is 0 Å². The minimum Gasteiger partial charge on any atom is -0.147 e. The summed E-state index contributed by atoms with van der Waals surface area (Å²) in [5.74, 6) is 0. The van der Waals surface area contributed by atoms with Gasteiger partial charge in [-0.15, -0.1) is 22.9 Å². The Bertz CT molecular complexity index is 732. The second-order valence-electron chi connectivity index (χ2n) is 4.51. The molecule has 2 aromatic carbocycles. The number of rotatable bonds is 2. The summed E-state index contributed by atoms with van der Waals surface area (Å²) in [6.45, 7) is 2.11. The van der Waals surface area contributed by atoms with Crippen molar-refractivity contribution in [3.63, 3.8) is 0 Å². The van der Waals surface area contributed by atoms with Crippen molar-refractivity contribution in [3.05, 3.63) is 68.3 Å². The summed E-state index contributed by atoms with van der Waals surface area (Å²) < 4.78 is 1.11. The van der Waals surface area contributed by atoms with E-state index in [1.165, 1.54) is 26.8 Å². The highest BCUT2D eigenvalue weighted by atomic mass is 79.9. The van der Waals surface area contributed by atoms with Crippen LogP contribution < -0.4 is 0 Å². The smallest absolute Gasteiger partial charge is 0.0936 e. The highest BCUT2D eigenvalue weighted by molar-refractivity contribution is 9.10. The van der Waals surface area contributed by atoms with Gasteiger partial charge in [-0.2, -0.15) is 0 Å². The summed E-state index contributed by atoms with van der Waals surface area (Å²) in [6, 6.07) is 14.7. The van der Waals surface area contributed by atoms with Crippen LogP contribution in [0.2, 0.25) is 0 Å². The minimum atomic E-state index is -0.0852. The first-order valence-corrected chi connectivity index (χ1v) is 8.14. The van der Waals surface area contributed by atoms with E-state index >= 15 is 0 Å². The van der Waals surface area contributed by atoms with Crippen LogP contribution in [0.4, 0.5) is 0 Å². The fourth-order valence-electron chi connectivity index (χ4n) is 2.29. The van der Waals surface area contributed by atoms with Crippen molar-refractivity contribution in [2.45, 2.75) is 12.3 Å². The van der Waals surface area contributed by atoms with E-state index in [-0.39, 0.29) is 5.38 Å². The van der Waals surface area contributed by atoms with Crippen molar-refractivity contribution in [1.29, 1.82) is 0 Å². The number of halogens is 2. The lowest BCUT2D eigenvalue weighted by molar-refractivity contribution is 1.18. The predicted octanol–water partition coefficient (Wildman–Crippen LogP) is 6.30. The Morgan fingerprint density at radius 2 is 1.79 bits per heavy atom. The standard InChI is InChI=1S/C16H12BrClS/c1-10-8-9-19-16(10)15(18)13-6-7-14(17)12-5-3-2-4-11(12)13/h2-9,15H,1H3. The Morgan fingerprint density at radius 3 is 2.47 bits per heavy atom. The third kappa shape index (κ3) is 2.33. The van der Waals surface area contributed by atoms with E-state index in [9.17, 15) is 0 Å². The summed E-state index contributed by atoms with van der Waals surface area (Å²) in [5, 5.41) is 4.43. The summed E-state index contributed by atoms with van der Waals surface area (Å²) >= 11 is 12.0. The van der Waals surface area contributed by atoms with E-state index in [1.807, 2.05) is 0 Å². The Balaban J connectivity index is 2.21. The largest absolute Gasteiger partial charge is 0.147 e. The van der Waals surface area contributed by atoms with Gasteiger partial charge < -0.3 is 0 Å². The van der Waals surface area contributed by atoms with Gasteiger partial charge in [-0.05, 0) is 46.3 Å². The van der Waals surface area contributed by atoms with E-state index in [0.29, 0.717) is 0 Å². The van der Waals surface area contributed by atoms with Crippen LogP contribution in [0.15, 0.2) is 52.3 Å². The lowest BCUT2D eigenvalue weighted by Crippen LogP contribution is -1.94. The molecular formula is C16H12BrClS. The van der Waals surface area contributed by atoms with Crippen molar-refractivity contribution >= 4 is 49.6 Å².